The Labute approximate surface area is 111 Å². The van der Waals surface area contributed by atoms with Gasteiger partial charge in [-0.05, 0) is 36.1 Å². The van der Waals surface area contributed by atoms with Gasteiger partial charge in [0, 0.05) is 10.2 Å². The van der Waals surface area contributed by atoms with Crippen molar-refractivity contribution in [3.63, 3.8) is 0 Å². The van der Waals surface area contributed by atoms with Crippen LogP contribution in [-0.4, -0.2) is 11.9 Å². The zero-order chi connectivity index (χ0) is 13.1. The molecule has 3 nitrogen and oxygen atoms in total. The lowest BCUT2D eigenvalue weighted by molar-refractivity contribution is -0.119. The van der Waals surface area contributed by atoms with Crippen LogP contribution in [0.15, 0.2) is 28.7 Å². The van der Waals surface area contributed by atoms with E-state index in [1.54, 1.807) is 0 Å². The summed E-state index contributed by atoms with van der Waals surface area (Å²) in [4.78, 5) is 11.4. The third-order valence-corrected chi connectivity index (χ3v) is 2.87. The molecule has 4 heteroatoms. The Balaban J connectivity index is 2.73. The molecule has 0 radical (unpaired) electrons. The lowest BCUT2D eigenvalue weighted by Crippen LogP contribution is -2.38. The summed E-state index contributed by atoms with van der Waals surface area (Å²) in [6.07, 6.45) is 0.707. The third-order valence-electron chi connectivity index (χ3n) is 2.35. The number of nitrogens with one attached hydrogen (secondary N) is 1. The van der Waals surface area contributed by atoms with E-state index in [0.29, 0.717) is 6.42 Å². The number of hydrogen-bond acceptors (Lipinski definition) is 2. The Morgan fingerprint density at radius 2 is 1.88 bits per heavy atom. The lowest BCUT2D eigenvalue weighted by Gasteiger charge is -2.25. The van der Waals surface area contributed by atoms with Crippen LogP contribution >= 0.6 is 15.9 Å². The van der Waals surface area contributed by atoms with Crippen molar-refractivity contribution in [1.29, 1.82) is 0 Å². The van der Waals surface area contributed by atoms with Gasteiger partial charge in [-0.25, -0.2) is 0 Å². The van der Waals surface area contributed by atoms with E-state index in [9.17, 15) is 4.79 Å². The van der Waals surface area contributed by atoms with Gasteiger partial charge in [0.2, 0.25) is 5.91 Å². The van der Waals surface area contributed by atoms with E-state index in [1.165, 1.54) is 0 Å². The molecule has 0 saturated heterocycles. The summed E-state index contributed by atoms with van der Waals surface area (Å²) in [6.45, 7) is 6.27. The Morgan fingerprint density at radius 3 is 2.29 bits per heavy atom. The van der Waals surface area contributed by atoms with Crippen molar-refractivity contribution in [2.24, 2.45) is 11.1 Å². The molecule has 0 spiro atoms. The highest BCUT2D eigenvalue weighted by molar-refractivity contribution is 9.10. The monoisotopic (exact) mass is 298 g/mol. The van der Waals surface area contributed by atoms with Gasteiger partial charge < -0.3 is 11.1 Å². The van der Waals surface area contributed by atoms with E-state index in [2.05, 4.69) is 42.0 Å². The predicted octanol–water partition coefficient (Wildman–Crippen LogP) is 3.15. The van der Waals surface area contributed by atoms with Crippen LogP contribution in [0.1, 0.15) is 27.2 Å². The fraction of sp³-hybridized carbons (Fsp3) is 0.462. The zero-order valence-electron chi connectivity index (χ0n) is 10.5. The van der Waals surface area contributed by atoms with E-state index in [4.69, 9.17) is 5.73 Å². The Morgan fingerprint density at radius 1 is 1.35 bits per heavy atom. The first-order chi connectivity index (χ1) is 7.78. The van der Waals surface area contributed by atoms with Crippen molar-refractivity contribution in [2.75, 3.05) is 5.32 Å². The highest BCUT2D eigenvalue weighted by atomic mass is 79.9. The molecule has 1 amide bonds. The van der Waals surface area contributed by atoms with Crippen molar-refractivity contribution >= 4 is 27.5 Å². The maximum atomic E-state index is 11.4. The predicted molar refractivity (Wildman–Crippen MR) is 74.8 cm³/mol. The van der Waals surface area contributed by atoms with Gasteiger partial charge >= 0.3 is 0 Å². The van der Waals surface area contributed by atoms with Gasteiger partial charge in [0.05, 0.1) is 0 Å². The van der Waals surface area contributed by atoms with E-state index in [-0.39, 0.29) is 17.4 Å². The average Bonchev–Trinajstić information content (AvgIpc) is 2.18. The molecule has 0 bridgehead atoms. The van der Waals surface area contributed by atoms with E-state index in [1.807, 2.05) is 24.3 Å². The van der Waals surface area contributed by atoms with E-state index < -0.39 is 0 Å². The van der Waals surface area contributed by atoms with Gasteiger partial charge in [-0.3, -0.25) is 4.79 Å². The Hall–Kier alpha value is -1.03. The molecular formula is C13H19BrN2O. The van der Waals surface area contributed by atoms with Gasteiger partial charge in [-0.15, -0.1) is 0 Å². The highest BCUT2D eigenvalue weighted by Gasteiger charge is 2.22. The van der Waals surface area contributed by atoms with Crippen molar-refractivity contribution in [1.82, 2.24) is 0 Å². The number of nitrogens with two attached hydrogens (primary N) is 1. The fourth-order valence-electron chi connectivity index (χ4n) is 1.58. The van der Waals surface area contributed by atoms with Crippen LogP contribution in [0.5, 0.6) is 0 Å². The second-order valence-electron chi connectivity index (χ2n) is 5.37. The smallest absolute Gasteiger partial charge is 0.239 e. The normalized spacial score (nSPS) is 13.2. The van der Waals surface area contributed by atoms with Crippen molar-refractivity contribution in [3.8, 4) is 0 Å². The van der Waals surface area contributed by atoms with Crippen LogP contribution in [0.25, 0.3) is 0 Å². The number of carbonyl (C=O) groups excluding carboxylic acids is 1. The molecule has 0 fully saturated rings. The van der Waals surface area contributed by atoms with Crippen LogP contribution in [-0.2, 0) is 4.79 Å². The highest BCUT2D eigenvalue weighted by Crippen LogP contribution is 2.23. The average molecular weight is 299 g/mol. The molecule has 17 heavy (non-hydrogen) atoms. The molecule has 3 N–H and O–H groups in total. The summed E-state index contributed by atoms with van der Waals surface area (Å²) in [5, 5.41) is 3.17. The minimum atomic E-state index is -0.337. The maximum absolute atomic E-state index is 11.4. The van der Waals surface area contributed by atoms with Crippen molar-refractivity contribution in [3.05, 3.63) is 28.7 Å². The zero-order valence-corrected chi connectivity index (χ0v) is 12.0. The van der Waals surface area contributed by atoms with E-state index >= 15 is 0 Å². The number of hydrogen-bond donors (Lipinski definition) is 2. The number of benzene rings is 1. The summed E-state index contributed by atoms with van der Waals surface area (Å²) >= 11 is 3.37. The first-order valence-electron chi connectivity index (χ1n) is 5.59. The summed E-state index contributed by atoms with van der Waals surface area (Å²) in [7, 11) is 0. The molecule has 0 aliphatic rings. The molecule has 1 atom stereocenters. The first-order valence-corrected chi connectivity index (χ1v) is 6.39. The summed E-state index contributed by atoms with van der Waals surface area (Å²) in [5.74, 6) is -0.317. The third kappa shape index (κ3) is 5.22. The van der Waals surface area contributed by atoms with Crippen LogP contribution in [0.2, 0.25) is 0 Å². The summed E-state index contributed by atoms with van der Waals surface area (Å²) < 4.78 is 1.01. The van der Waals surface area contributed by atoms with Gasteiger partial charge in [0.1, 0.15) is 6.04 Å². The Bertz CT molecular complexity index is 381. The minimum Gasteiger partial charge on any atom is -0.374 e. The largest absolute Gasteiger partial charge is 0.374 e. The number of amides is 1. The summed E-state index contributed by atoms with van der Waals surface area (Å²) in [6, 6.07) is 7.36. The molecule has 1 rings (SSSR count). The topological polar surface area (TPSA) is 55.1 Å². The maximum Gasteiger partial charge on any atom is 0.239 e. The van der Waals surface area contributed by atoms with Gasteiger partial charge in [0.25, 0.3) is 0 Å². The molecule has 1 unspecified atom stereocenters. The van der Waals surface area contributed by atoms with Gasteiger partial charge in [0.15, 0.2) is 0 Å². The quantitative estimate of drug-likeness (QED) is 0.897. The number of anilines is 1. The molecule has 94 valence electrons. The van der Waals surface area contributed by atoms with Gasteiger partial charge in [-0.2, -0.15) is 0 Å². The Kier molecular flexibility index (Phi) is 4.57. The molecule has 0 aromatic heterocycles. The fourth-order valence-corrected chi connectivity index (χ4v) is 1.85. The van der Waals surface area contributed by atoms with Crippen LogP contribution in [0.4, 0.5) is 5.69 Å². The van der Waals surface area contributed by atoms with Crippen molar-refractivity contribution in [2.45, 2.75) is 33.2 Å². The lowest BCUT2D eigenvalue weighted by atomic mass is 9.88. The first kappa shape index (κ1) is 14.0. The second-order valence-corrected chi connectivity index (χ2v) is 6.29. The number of primary amides is 1. The molecule has 0 aliphatic heterocycles. The van der Waals surface area contributed by atoms with E-state index in [0.717, 1.165) is 10.2 Å². The molecule has 0 aliphatic carbocycles. The minimum absolute atomic E-state index is 0.0576. The molecule has 0 saturated carbocycles. The molecule has 0 heterocycles. The molecule has 1 aromatic rings. The van der Waals surface area contributed by atoms with Crippen LogP contribution < -0.4 is 11.1 Å². The van der Waals surface area contributed by atoms with Crippen molar-refractivity contribution < 1.29 is 4.79 Å². The number of carbonyl (C=O) groups is 1. The standard InChI is InChI=1S/C13H19BrN2O/c1-13(2,3)8-11(12(15)17)16-10-6-4-9(14)5-7-10/h4-7,11,16H,8H2,1-3H3,(H2,15,17). The van der Waals surface area contributed by atoms with Crippen LogP contribution in [0.3, 0.4) is 0 Å². The molecule has 1 aromatic carbocycles. The summed E-state index contributed by atoms with van der Waals surface area (Å²) in [5.41, 5.74) is 6.37. The molecular weight excluding hydrogens is 280 g/mol. The SMILES string of the molecule is CC(C)(C)CC(Nc1ccc(Br)cc1)C(N)=O. The van der Waals surface area contributed by atoms with Crippen LogP contribution in [0, 0.1) is 5.41 Å². The second kappa shape index (κ2) is 5.54. The van der Waals surface area contributed by atoms with Gasteiger partial charge in [-0.1, -0.05) is 36.7 Å². The number of rotatable bonds is 4. The number of halogens is 1.